The Labute approximate surface area is 121 Å². The first kappa shape index (κ1) is 14.8. The van der Waals surface area contributed by atoms with Crippen LogP contribution < -0.4 is 10.6 Å². The van der Waals surface area contributed by atoms with Crippen LogP contribution in [0.5, 0.6) is 0 Å². The van der Waals surface area contributed by atoms with Crippen LogP contribution in [0.1, 0.15) is 55.6 Å². The molecule has 0 aromatic carbocycles. The van der Waals surface area contributed by atoms with Gasteiger partial charge >= 0.3 is 0 Å². The molecule has 110 valence electrons. The molecule has 1 aliphatic carbocycles. The zero-order chi connectivity index (χ0) is 14.4. The van der Waals surface area contributed by atoms with Crippen LogP contribution in [0.25, 0.3) is 0 Å². The van der Waals surface area contributed by atoms with Gasteiger partial charge in [-0.05, 0) is 43.7 Å². The number of amides is 1. The minimum absolute atomic E-state index is 0.0243. The Morgan fingerprint density at radius 1 is 1.30 bits per heavy atom. The summed E-state index contributed by atoms with van der Waals surface area (Å²) in [6, 6.07) is 3.78. The molecule has 4 heteroatoms. The van der Waals surface area contributed by atoms with Crippen LogP contribution in [-0.4, -0.2) is 24.0 Å². The summed E-state index contributed by atoms with van der Waals surface area (Å²) in [6.45, 7) is 5.93. The molecule has 1 amide bonds. The van der Waals surface area contributed by atoms with Crippen LogP contribution >= 0.6 is 0 Å². The van der Waals surface area contributed by atoms with Gasteiger partial charge < -0.3 is 10.6 Å². The van der Waals surface area contributed by atoms with E-state index in [1.165, 1.54) is 12.8 Å². The van der Waals surface area contributed by atoms with Crippen LogP contribution in [-0.2, 0) is 6.42 Å². The lowest BCUT2D eigenvalue weighted by atomic mass is 10.1. The van der Waals surface area contributed by atoms with Gasteiger partial charge in [-0.1, -0.05) is 20.3 Å². The molecule has 0 bridgehead atoms. The van der Waals surface area contributed by atoms with Crippen molar-refractivity contribution in [2.45, 2.75) is 46.0 Å². The maximum atomic E-state index is 12.2. The maximum absolute atomic E-state index is 12.2. The third-order valence-electron chi connectivity index (χ3n) is 3.45. The van der Waals surface area contributed by atoms with Gasteiger partial charge in [0.25, 0.3) is 5.91 Å². The van der Waals surface area contributed by atoms with E-state index in [4.69, 9.17) is 0 Å². The first-order valence-electron chi connectivity index (χ1n) is 7.76. The zero-order valence-electron chi connectivity index (χ0n) is 12.5. The Kier molecular flexibility index (Phi) is 5.39. The van der Waals surface area contributed by atoms with Crippen molar-refractivity contribution in [1.82, 2.24) is 10.3 Å². The molecule has 0 spiro atoms. The number of hydrogen-bond acceptors (Lipinski definition) is 3. The molecule has 2 N–H and O–H groups in total. The Morgan fingerprint density at radius 3 is 2.75 bits per heavy atom. The first-order chi connectivity index (χ1) is 9.72. The number of carbonyl (C=O) groups excluding carboxylic acids is 1. The van der Waals surface area contributed by atoms with E-state index in [1.54, 1.807) is 0 Å². The molecular formula is C16H25N3O. The van der Waals surface area contributed by atoms with Crippen molar-refractivity contribution >= 4 is 11.7 Å². The van der Waals surface area contributed by atoms with Gasteiger partial charge in [-0.2, -0.15) is 0 Å². The zero-order valence-corrected chi connectivity index (χ0v) is 12.5. The van der Waals surface area contributed by atoms with E-state index in [9.17, 15) is 4.79 Å². The molecule has 20 heavy (non-hydrogen) atoms. The lowest BCUT2D eigenvalue weighted by Crippen LogP contribution is -2.26. The number of aromatic nitrogens is 1. The predicted octanol–water partition coefficient (Wildman–Crippen LogP) is 3.00. The maximum Gasteiger partial charge on any atom is 0.251 e. The van der Waals surface area contributed by atoms with E-state index in [2.05, 4.69) is 29.5 Å². The number of carbonyl (C=O) groups is 1. The summed E-state index contributed by atoms with van der Waals surface area (Å²) in [5, 5.41) is 6.29. The molecule has 1 aromatic heterocycles. The third-order valence-corrected chi connectivity index (χ3v) is 3.45. The summed E-state index contributed by atoms with van der Waals surface area (Å²) >= 11 is 0. The number of nitrogens with zero attached hydrogens (tertiary/aromatic N) is 1. The monoisotopic (exact) mass is 275 g/mol. The highest BCUT2D eigenvalue weighted by molar-refractivity contribution is 5.95. The predicted molar refractivity (Wildman–Crippen MR) is 82.1 cm³/mol. The molecular weight excluding hydrogens is 250 g/mol. The number of rotatable bonds is 8. The van der Waals surface area contributed by atoms with Crippen LogP contribution in [0, 0.1) is 5.92 Å². The second kappa shape index (κ2) is 7.27. The van der Waals surface area contributed by atoms with Crippen LogP contribution in [0.2, 0.25) is 0 Å². The highest BCUT2D eigenvalue weighted by Gasteiger charge is 2.22. The summed E-state index contributed by atoms with van der Waals surface area (Å²) in [5.41, 5.74) is 1.72. The van der Waals surface area contributed by atoms with Crippen molar-refractivity contribution in [3.05, 3.63) is 23.4 Å². The van der Waals surface area contributed by atoms with E-state index in [0.717, 1.165) is 49.4 Å². The van der Waals surface area contributed by atoms with Crippen molar-refractivity contribution in [3.63, 3.8) is 0 Å². The SMILES string of the molecule is CCCNc1cc(C(=O)NCC2CC2)cc(CCC)n1. The fraction of sp³-hybridized carbons (Fsp3) is 0.625. The topological polar surface area (TPSA) is 54.0 Å². The largest absolute Gasteiger partial charge is 0.370 e. The van der Waals surface area contributed by atoms with E-state index < -0.39 is 0 Å². The second-order valence-electron chi connectivity index (χ2n) is 5.56. The Bertz CT molecular complexity index is 455. The summed E-state index contributed by atoms with van der Waals surface area (Å²) in [7, 11) is 0. The van der Waals surface area contributed by atoms with Gasteiger partial charge in [-0.15, -0.1) is 0 Å². The summed E-state index contributed by atoms with van der Waals surface area (Å²) in [6.07, 6.45) is 5.49. The van der Waals surface area contributed by atoms with Crippen molar-refractivity contribution in [2.24, 2.45) is 5.92 Å². The number of hydrogen-bond donors (Lipinski definition) is 2. The minimum atomic E-state index is 0.0243. The van der Waals surface area contributed by atoms with E-state index in [-0.39, 0.29) is 5.91 Å². The van der Waals surface area contributed by atoms with Gasteiger partial charge in [-0.3, -0.25) is 4.79 Å². The Balaban J connectivity index is 2.07. The highest BCUT2D eigenvalue weighted by atomic mass is 16.1. The fourth-order valence-electron chi connectivity index (χ4n) is 2.11. The van der Waals surface area contributed by atoms with Crippen molar-refractivity contribution in [2.75, 3.05) is 18.4 Å². The first-order valence-corrected chi connectivity index (χ1v) is 7.76. The normalized spacial score (nSPS) is 14.1. The molecule has 1 heterocycles. The average Bonchev–Trinajstić information content (AvgIpc) is 3.27. The van der Waals surface area contributed by atoms with E-state index in [1.807, 2.05) is 12.1 Å². The smallest absolute Gasteiger partial charge is 0.251 e. The standard InChI is InChI=1S/C16H25N3O/c1-3-5-14-9-13(10-15(19-14)17-8-4-2)16(20)18-11-12-6-7-12/h9-10,12H,3-8,11H2,1-2H3,(H,17,19)(H,18,20). The highest BCUT2D eigenvalue weighted by Crippen LogP contribution is 2.27. The molecule has 1 saturated carbocycles. The van der Waals surface area contributed by atoms with Crippen molar-refractivity contribution in [3.8, 4) is 0 Å². The number of aryl methyl sites for hydroxylation is 1. The van der Waals surface area contributed by atoms with E-state index in [0.29, 0.717) is 5.92 Å². The second-order valence-corrected chi connectivity index (χ2v) is 5.56. The van der Waals surface area contributed by atoms with Gasteiger partial charge in [-0.25, -0.2) is 4.98 Å². The molecule has 0 unspecified atom stereocenters. The van der Waals surface area contributed by atoms with Gasteiger partial charge in [0.2, 0.25) is 0 Å². The van der Waals surface area contributed by atoms with Gasteiger partial charge in [0, 0.05) is 24.3 Å². The minimum Gasteiger partial charge on any atom is -0.370 e. The fourth-order valence-corrected chi connectivity index (χ4v) is 2.11. The molecule has 0 radical (unpaired) electrons. The number of pyridine rings is 1. The summed E-state index contributed by atoms with van der Waals surface area (Å²) < 4.78 is 0. The average molecular weight is 275 g/mol. The van der Waals surface area contributed by atoms with Gasteiger partial charge in [0.1, 0.15) is 5.82 Å². The van der Waals surface area contributed by atoms with Crippen LogP contribution in [0.15, 0.2) is 12.1 Å². The molecule has 0 saturated heterocycles. The van der Waals surface area contributed by atoms with Crippen LogP contribution in [0.3, 0.4) is 0 Å². The molecule has 4 nitrogen and oxygen atoms in total. The number of nitrogens with one attached hydrogen (secondary N) is 2. The Morgan fingerprint density at radius 2 is 2.10 bits per heavy atom. The molecule has 1 aliphatic rings. The number of anilines is 1. The molecule has 0 aliphatic heterocycles. The Hall–Kier alpha value is -1.58. The van der Waals surface area contributed by atoms with Crippen molar-refractivity contribution in [1.29, 1.82) is 0 Å². The molecule has 0 atom stereocenters. The quantitative estimate of drug-likeness (QED) is 0.767. The van der Waals surface area contributed by atoms with Gasteiger partial charge in [0.15, 0.2) is 0 Å². The molecule has 2 rings (SSSR count). The molecule has 1 aromatic rings. The third kappa shape index (κ3) is 4.51. The van der Waals surface area contributed by atoms with Gasteiger partial charge in [0.05, 0.1) is 0 Å². The lowest BCUT2D eigenvalue weighted by Gasteiger charge is -2.10. The molecule has 1 fully saturated rings. The van der Waals surface area contributed by atoms with Crippen molar-refractivity contribution < 1.29 is 4.79 Å². The lowest BCUT2D eigenvalue weighted by molar-refractivity contribution is 0.0951. The van der Waals surface area contributed by atoms with Crippen LogP contribution in [0.4, 0.5) is 5.82 Å². The van der Waals surface area contributed by atoms with E-state index >= 15 is 0 Å². The summed E-state index contributed by atoms with van der Waals surface area (Å²) in [4.78, 5) is 16.8. The summed E-state index contributed by atoms with van der Waals surface area (Å²) in [5.74, 6) is 1.54.